The fourth-order valence-electron chi connectivity index (χ4n) is 2.04. The number of hydrogen-bond acceptors (Lipinski definition) is 3. The predicted octanol–water partition coefficient (Wildman–Crippen LogP) is 4.63. The minimum absolute atomic E-state index is 0.530. The largest absolute Gasteiger partial charge is 0.496 e. The van der Waals surface area contributed by atoms with Gasteiger partial charge in [0, 0.05) is 23.0 Å². The first-order valence-electron chi connectivity index (χ1n) is 6.21. The number of halogens is 2. The molecule has 1 aromatic carbocycles. The Hall–Kier alpha value is -1.45. The Morgan fingerprint density at radius 3 is 2.60 bits per heavy atom. The van der Waals surface area contributed by atoms with Crippen molar-refractivity contribution in [2.45, 2.75) is 20.4 Å². The molecule has 0 saturated carbocycles. The summed E-state index contributed by atoms with van der Waals surface area (Å²) in [7, 11) is 1.67. The van der Waals surface area contributed by atoms with E-state index in [1.54, 1.807) is 19.2 Å². The maximum Gasteiger partial charge on any atom is 0.128 e. The minimum atomic E-state index is 0.530. The number of ether oxygens (including phenoxy) is 1. The number of benzene rings is 1. The molecule has 0 atom stereocenters. The third-order valence-corrected chi connectivity index (χ3v) is 3.87. The van der Waals surface area contributed by atoms with Crippen molar-refractivity contribution in [3.05, 3.63) is 51.3 Å². The van der Waals surface area contributed by atoms with Crippen LogP contribution in [0, 0.1) is 13.8 Å². The molecule has 0 spiro atoms. The summed E-state index contributed by atoms with van der Waals surface area (Å²) in [6.07, 6.45) is 1.82. The Morgan fingerprint density at radius 2 is 1.95 bits per heavy atom. The van der Waals surface area contributed by atoms with Gasteiger partial charge in [0.15, 0.2) is 0 Å². The Morgan fingerprint density at radius 1 is 1.20 bits per heavy atom. The van der Waals surface area contributed by atoms with Crippen molar-refractivity contribution < 1.29 is 4.74 Å². The third kappa shape index (κ3) is 3.17. The number of aromatic nitrogens is 1. The first-order valence-corrected chi connectivity index (χ1v) is 6.96. The van der Waals surface area contributed by atoms with Gasteiger partial charge in [-0.3, -0.25) is 4.98 Å². The number of hydrogen-bond donors (Lipinski definition) is 1. The van der Waals surface area contributed by atoms with Gasteiger partial charge in [0.1, 0.15) is 5.75 Å². The van der Waals surface area contributed by atoms with E-state index in [2.05, 4.69) is 10.3 Å². The summed E-state index contributed by atoms with van der Waals surface area (Å²) in [5.74, 6) is 0.880. The van der Waals surface area contributed by atoms with Crippen LogP contribution >= 0.6 is 23.2 Å². The van der Waals surface area contributed by atoms with Crippen molar-refractivity contribution in [1.29, 1.82) is 0 Å². The molecule has 0 saturated heterocycles. The Bertz CT molecular complexity index is 630. The summed E-state index contributed by atoms with van der Waals surface area (Å²) in [4.78, 5) is 4.44. The number of methoxy groups -OCH3 is 1. The number of pyridine rings is 1. The summed E-state index contributed by atoms with van der Waals surface area (Å²) in [5.41, 5.74) is 3.92. The molecule has 1 heterocycles. The van der Waals surface area contributed by atoms with Crippen LogP contribution in [0.25, 0.3) is 0 Å². The first-order chi connectivity index (χ1) is 9.52. The van der Waals surface area contributed by atoms with E-state index in [0.717, 1.165) is 28.3 Å². The molecule has 0 fully saturated rings. The van der Waals surface area contributed by atoms with Crippen molar-refractivity contribution in [1.82, 2.24) is 4.98 Å². The number of nitrogens with one attached hydrogen (secondary N) is 1. The molecule has 3 nitrogen and oxygen atoms in total. The molecule has 0 aliphatic rings. The topological polar surface area (TPSA) is 34.1 Å². The molecule has 0 bridgehead atoms. The standard InChI is InChI=1S/C15H16Cl2N2O/c1-9-7-19-14(10(2)15(9)20-3)8-18-11-4-5-12(16)13(17)6-11/h4-7,18H,8H2,1-3H3. The van der Waals surface area contributed by atoms with Gasteiger partial charge in [-0.1, -0.05) is 23.2 Å². The molecule has 20 heavy (non-hydrogen) atoms. The maximum absolute atomic E-state index is 5.99. The van der Waals surface area contributed by atoms with Gasteiger partial charge in [-0.2, -0.15) is 0 Å². The summed E-state index contributed by atoms with van der Waals surface area (Å²) < 4.78 is 5.40. The summed E-state index contributed by atoms with van der Waals surface area (Å²) in [6, 6.07) is 5.45. The lowest BCUT2D eigenvalue weighted by Crippen LogP contribution is -2.06. The van der Waals surface area contributed by atoms with Crippen LogP contribution in [0.1, 0.15) is 16.8 Å². The van der Waals surface area contributed by atoms with Gasteiger partial charge in [-0.05, 0) is 32.0 Å². The van der Waals surface area contributed by atoms with Gasteiger partial charge in [0.05, 0.1) is 29.4 Å². The molecule has 0 radical (unpaired) electrons. The van der Waals surface area contributed by atoms with E-state index >= 15 is 0 Å². The highest BCUT2D eigenvalue weighted by molar-refractivity contribution is 6.42. The van der Waals surface area contributed by atoms with Gasteiger partial charge in [-0.25, -0.2) is 0 Å². The van der Waals surface area contributed by atoms with Crippen LogP contribution in [0.2, 0.25) is 10.0 Å². The normalized spacial score (nSPS) is 10.4. The lowest BCUT2D eigenvalue weighted by atomic mass is 10.1. The number of nitrogens with zero attached hydrogens (tertiary/aromatic N) is 1. The van der Waals surface area contributed by atoms with Gasteiger partial charge in [-0.15, -0.1) is 0 Å². The van der Waals surface area contributed by atoms with Crippen LogP contribution in [0.15, 0.2) is 24.4 Å². The van der Waals surface area contributed by atoms with E-state index in [4.69, 9.17) is 27.9 Å². The summed E-state index contributed by atoms with van der Waals surface area (Å²) >= 11 is 11.9. The average molecular weight is 311 g/mol. The van der Waals surface area contributed by atoms with Crippen molar-refractivity contribution in [2.75, 3.05) is 12.4 Å². The second-order valence-electron chi connectivity index (χ2n) is 4.53. The minimum Gasteiger partial charge on any atom is -0.496 e. The molecule has 5 heteroatoms. The first kappa shape index (κ1) is 14.9. The lowest BCUT2D eigenvalue weighted by Gasteiger charge is -2.13. The zero-order valence-corrected chi connectivity index (χ0v) is 13.1. The average Bonchev–Trinajstić information content (AvgIpc) is 2.42. The van der Waals surface area contributed by atoms with Gasteiger partial charge >= 0.3 is 0 Å². The van der Waals surface area contributed by atoms with Gasteiger partial charge in [0.2, 0.25) is 0 Å². The van der Waals surface area contributed by atoms with E-state index < -0.39 is 0 Å². The van der Waals surface area contributed by atoms with Gasteiger partial charge < -0.3 is 10.1 Å². The lowest BCUT2D eigenvalue weighted by molar-refractivity contribution is 0.407. The zero-order chi connectivity index (χ0) is 14.7. The van der Waals surface area contributed by atoms with Crippen molar-refractivity contribution >= 4 is 28.9 Å². The van der Waals surface area contributed by atoms with Crippen LogP contribution in [0.3, 0.4) is 0 Å². The zero-order valence-electron chi connectivity index (χ0n) is 11.6. The molecular weight excluding hydrogens is 295 g/mol. The van der Waals surface area contributed by atoms with Crippen molar-refractivity contribution in [2.24, 2.45) is 0 Å². The number of anilines is 1. The van der Waals surface area contributed by atoms with Crippen LogP contribution in [-0.4, -0.2) is 12.1 Å². The fourth-order valence-corrected chi connectivity index (χ4v) is 2.34. The Labute approximate surface area is 128 Å². The van der Waals surface area contributed by atoms with Crippen LogP contribution in [0.5, 0.6) is 5.75 Å². The van der Waals surface area contributed by atoms with E-state index in [9.17, 15) is 0 Å². The number of rotatable bonds is 4. The number of aryl methyl sites for hydroxylation is 1. The Kier molecular flexibility index (Phi) is 4.73. The molecule has 0 amide bonds. The van der Waals surface area contributed by atoms with E-state index in [1.165, 1.54) is 0 Å². The van der Waals surface area contributed by atoms with E-state index in [-0.39, 0.29) is 0 Å². The van der Waals surface area contributed by atoms with Crippen LogP contribution in [-0.2, 0) is 6.54 Å². The third-order valence-electron chi connectivity index (χ3n) is 3.13. The molecule has 1 N–H and O–H groups in total. The van der Waals surface area contributed by atoms with Crippen LogP contribution < -0.4 is 10.1 Å². The van der Waals surface area contributed by atoms with E-state index in [1.807, 2.05) is 26.1 Å². The fraction of sp³-hybridized carbons (Fsp3) is 0.267. The summed E-state index contributed by atoms with van der Waals surface area (Å²) in [6.45, 7) is 4.58. The highest BCUT2D eigenvalue weighted by Crippen LogP contribution is 2.27. The molecule has 0 aliphatic heterocycles. The second kappa shape index (κ2) is 6.33. The Balaban J connectivity index is 2.16. The highest BCUT2D eigenvalue weighted by Gasteiger charge is 2.09. The molecule has 106 valence electrons. The molecular formula is C15H16Cl2N2O. The second-order valence-corrected chi connectivity index (χ2v) is 5.34. The monoisotopic (exact) mass is 310 g/mol. The van der Waals surface area contributed by atoms with Crippen molar-refractivity contribution in [3.63, 3.8) is 0 Å². The molecule has 1 aromatic heterocycles. The van der Waals surface area contributed by atoms with Crippen LogP contribution in [0.4, 0.5) is 5.69 Å². The summed E-state index contributed by atoms with van der Waals surface area (Å²) in [5, 5.41) is 4.35. The SMILES string of the molecule is COc1c(C)cnc(CNc2ccc(Cl)c(Cl)c2)c1C. The maximum atomic E-state index is 5.99. The highest BCUT2D eigenvalue weighted by atomic mass is 35.5. The molecule has 0 unspecified atom stereocenters. The van der Waals surface area contributed by atoms with Crippen molar-refractivity contribution in [3.8, 4) is 5.75 Å². The predicted molar refractivity (Wildman–Crippen MR) is 84.1 cm³/mol. The smallest absolute Gasteiger partial charge is 0.128 e. The van der Waals surface area contributed by atoms with E-state index in [0.29, 0.717) is 16.6 Å². The van der Waals surface area contributed by atoms with Gasteiger partial charge in [0.25, 0.3) is 0 Å². The molecule has 2 aromatic rings. The molecule has 0 aliphatic carbocycles. The molecule has 2 rings (SSSR count). The quantitative estimate of drug-likeness (QED) is 0.894.